The summed E-state index contributed by atoms with van der Waals surface area (Å²) in [5.41, 5.74) is 1.22. The van der Waals surface area contributed by atoms with E-state index in [1.54, 1.807) is 30.3 Å². The third kappa shape index (κ3) is 5.16. The van der Waals surface area contributed by atoms with Crippen molar-refractivity contribution >= 4 is 32.7 Å². The van der Waals surface area contributed by atoms with Gasteiger partial charge >= 0.3 is 0 Å². The number of anilines is 1. The lowest BCUT2D eigenvalue weighted by molar-refractivity contribution is -0.124. The maximum atomic E-state index is 13.0. The number of nitrogens with zero attached hydrogens (tertiary/aromatic N) is 3. The van der Waals surface area contributed by atoms with Crippen LogP contribution in [-0.4, -0.2) is 58.2 Å². The molecule has 1 atom stereocenters. The lowest BCUT2D eigenvalue weighted by Gasteiger charge is -2.16. The Kier molecular flexibility index (Phi) is 7.09. The van der Waals surface area contributed by atoms with E-state index in [0.717, 1.165) is 12.1 Å². The second-order valence-corrected chi connectivity index (χ2v) is 9.71. The molecule has 0 spiro atoms. The van der Waals surface area contributed by atoms with E-state index in [1.807, 2.05) is 6.07 Å². The molecule has 1 unspecified atom stereocenters. The number of hydrogen-bond acceptors (Lipinski definition) is 9. The molecule has 35 heavy (non-hydrogen) atoms. The van der Waals surface area contributed by atoms with Crippen molar-refractivity contribution in [1.82, 2.24) is 15.4 Å². The molecule has 1 aliphatic rings. The number of nitriles is 1. The summed E-state index contributed by atoms with van der Waals surface area (Å²) in [6.45, 7) is 1.83. The molecule has 0 aliphatic carbocycles. The summed E-state index contributed by atoms with van der Waals surface area (Å²) in [5, 5.41) is 15.6. The highest BCUT2D eigenvalue weighted by atomic mass is 32.2. The lowest BCUT2D eigenvalue weighted by atomic mass is 10.1. The fourth-order valence-electron chi connectivity index (χ4n) is 4.15. The molecular formula is C23H25N5O6S. The number of rotatable bonds is 9. The van der Waals surface area contributed by atoms with Gasteiger partial charge in [0.15, 0.2) is 11.4 Å². The van der Waals surface area contributed by atoms with Gasteiger partial charge in [-0.2, -0.15) is 5.26 Å². The Labute approximate surface area is 202 Å². The lowest BCUT2D eigenvalue weighted by Crippen LogP contribution is -2.32. The van der Waals surface area contributed by atoms with Crippen molar-refractivity contribution in [1.29, 1.82) is 5.26 Å². The van der Waals surface area contributed by atoms with Gasteiger partial charge in [0.2, 0.25) is 5.91 Å². The van der Waals surface area contributed by atoms with E-state index in [4.69, 9.17) is 19.3 Å². The minimum absolute atomic E-state index is 0.00215. The van der Waals surface area contributed by atoms with E-state index in [2.05, 4.69) is 20.1 Å². The normalized spacial score (nSPS) is 16.1. The van der Waals surface area contributed by atoms with Crippen molar-refractivity contribution in [3.63, 3.8) is 0 Å². The van der Waals surface area contributed by atoms with Crippen LogP contribution >= 0.6 is 0 Å². The van der Waals surface area contributed by atoms with Gasteiger partial charge in [0, 0.05) is 13.1 Å². The SMILES string of the molecule is COc1ccccc1S(=O)(=O)Nc1noc2cc(CN3CCC(C(=O)NCC#N)C3)cc(OC)c12. The van der Waals surface area contributed by atoms with Gasteiger partial charge in [-0.3, -0.25) is 14.4 Å². The number of carbonyl (C=O) groups excluding carboxylic acids is 1. The average molecular weight is 500 g/mol. The Hall–Kier alpha value is -3.82. The molecule has 0 bridgehead atoms. The third-order valence-corrected chi connectivity index (χ3v) is 7.18. The zero-order valence-electron chi connectivity index (χ0n) is 19.3. The second-order valence-electron chi connectivity index (χ2n) is 8.06. The van der Waals surface area contributed by atoms with Crippen LogP contribution in [0.2, 0.25) is 0 Å². The molecule has 2 N–H and O–H groups in total. The summed E-state index contributed by atoms with van der Waals surface area (Å²) in [6, 6.07) is 11.7. The zero-order chi connectivity index (χ0) is 25.0. The standard InChI is InChI=1S/C23H25N5O6S/c1-32-17-5-3-4-6-20(17)35(30,31)27-22-21-18(33-2)11-15(12-19(21)34-26-22)13-28-10-7-16(14-28)23(29)25-9-8-24/h3-6,11-12,16H,7,9-10,13-14H2,1-2H3,(H,25,29)(H,26,27). The van der Waals surface area contributed by atoms with Crippen molar-refractivity contribution in [2.75, 3.05) is 38.6 Å². The predicted molar refractivity (Wildman–Crippen MR) is 126 cm³/mol. The summed E-state index contributed by atoms with van der Waals surface area (Å²) < 4.78 is 44.6. The smallest absolute Gasteiger partial charge is 0.266 e. The summed E-state index contributed by atoms with van der Waals surface area (Å²) in [4.78, 5) is 14.2. The molecule has 2 heterocycles. The quantitative estimate of drug-likeness (QED) is 0.422. The highest BCUT2D eigenvalue weighted by molar-refractivity contribution is 7.92. The van der Waals surface area contributed by atoms with E-state index >= 15 is 0 Å². The fourth-order valence-corrected chi connectivity index (χ4v) is 5.33. The molecular weight excluding hydrogens is 474 g/mol. The monoisotopic (exact) mass is 499 g/mol. The fraction of sp³-hybridized carbons (Fsp3) is 0.348. The highest BCUT2D eigenvalue weighted by Gasteiger charge is 2.29. The summed E-state index contributed by atoms with van der Waals surface area (Å²) in [7, 11) is -1.14. The van der Waals surface area contributed by atoms with Crippen molar-refractivity contribution in [2.45, 2.75) is 17.9 Å². The molecule has 12 heteroatoms. The molecule has 4 rings (SSSR count). The van der Waals surface area contributed by atoms with Crippen LogP contribution in [-0.2, 0) is 21.4 Å². The average Bonchev–Trinajstić information content (AvgIpc) is 3.49. The Balaban J connectivity index is 1.55. The first-order valence-electron chi connectivity index (χ1n) is 10.9. The molecule has 1 amide bonds. The summed E-state index contributed by atoms with van der Waals surface area (Å²) in [5.74, 6) is 0.315. The van der Waals surface area contributed by atoms with E-state index in [0.29, 0.717) is 36.2 Å². The first-order valence-corrected chi connectivity index (χ1v) is 12.3. The molecule has 11 nitrogen and oxygen atoms in total. The van der Waals surface area contributed by atoms with Crippen LogP contribution in [0.1, 0.15) is 12.0 Å². The Morgan fingerprint density at radius 3 is 2.77 bits per heavy atom. The maximum absolute atomic E-state index is 13.0. The third-order valence-electron chi connectivity index (χ3n) is 5.80. The topological polar surface area (TPSA) is 147 Å². The Morgan fingerprint density at radius 1 is 1.26 bits per heavy atom. The zero-order valence-corrected chi connectivity index (χ0v) is 20.1. The number of hydrogen-bond donors (Lipinski definition) is 2. The number of benzene rings is 2. The number of sulfonamides is 1. The van der Waals surface area contributed by atoms with Crippen molar-refractivity contribution in [3.05, 3.63) is 42.0 Å². The summed E-state index contributed by atoms with van der Waals surface area (Å²) in [6.07, 6.45) is 0.702. The Morgan fingerprint density at radius 2 is 2.03 bits per heavy atom. The number of amides is 1. The van der Waals surface area contributed by atoms with Gasteiger partial charge < -0.3 is 19.3 Å². The number of ether oxygens (including phenoxy) is 2. The van der Waals surface area contributed by atoms with Crippen LogP contribution in [0.3, 0.4) is 0 Å². The first kappa shape index (κ1) is 24.3. The van der Waals surface area contributed by atoms with Gasteiger partial charge in [-0.1, -0.05) is 17.3 Å². The molecule has 2 aromatic carbocycles. The van der Waals surface area contributed by atoms with E-state index < -0.39 is 10.0 Å². The Bertz CT molecular complexity index is 1380. The van der Waals surface area contributed by atoms with Crippen molar-refractivity contribution in [2.24, 2.45) is 5.92 Å². The number of fused-ring (bicyclic) bond motifs is 1. The van der Waals surface area contributed by atoms with Gasteiger partial charge in [-0.05, 0) is 42.8 Å². The van der Waals surface area contributed by atoms with E-state index in [1.165, 1.54) is 20.3 Å². The summed E-state index contributed by atoms with van der Waals surface area (Å²) >= 11 is 0. The molecule has 1 fully saturated rings. The number of likely N-dealkylation sites (tertiary alicyclic amines) is 1. The minimum atomic E-state index is -4.01. The van der Waals surface area contributed by atoms with Crippen LogP contribution in [0.4, 0.5) is 5.82 Å². The number of para-hydroxylation sites is 1. The molecule has 1 aromatic heterocycles. The molecule has 3 aromatic rings. The maximum Gasteiger partial charge on any atom is 0.266 e. The highest BCUT2D eigenvalue weighted by Crippen LogP contribution is 2.36. The molecule has 0 radical (unpaired) electrons. The minimum Gasteiger partial charge on any atom is -0.496 e. The van der Waals surface area contributed by atoms with Crippen LogP contribution in [0.5, 0.6) is 11.5 Å². The van der Waals surface area contributed by atoms with Gasteiger partial charge in [0.1, 0.15) is 28.3 Å². The van der Waals surface area contributed by atoms with E-state index in [9.17, 15) is 13.2 Å². The largest absolute Gasteiger partial charge is 0.496 e. The molecule has 0 saturated carbocycles. The van der Waals surface area contributed by atoms with Crippen LogP contribution in [0, 0.1) is 17.2 Å². The van der Waals surface area contributed by atoms with E-state index in [-0.39, 0.29) is 34.8 Å². The van der Waals surface area contributed by atoms with Crippen LogP contribution < -0.4 is 19.5 Å². The number of nitrogens with one attached hydrogen (secondary N) is 2. The van der Waals surface area contributed by atoms with Gasteiger partial charge in [0.05, 0.1) is 26.2 Å². The van der Waals surface area contributed by atoms with Gasteiger partial charge in [0.25, 0.3) is 10.0 Å². The second kappa shape index (κ2) is 10.2. The van der Waals surface area contributed by atoms with Crippen molar-refractivity contribution in [3.8, 4) is 17.6 Å². The van der Waals surface area contributed by atoms with Crippen molar-refractivity contribution < 1.29 is 27.2 Å². The molecule has 1 aliphatic heterocycles. The van der Waals surface area contributed by atoms with Crippen LogP contribution in [0.15, 0.2) is 45.8 Å². The first-order chi connectivity index (χ1) is 16.9. The predicted octanol–water partition coefficient (Wildman–Crippen LogP) is 2.11. The van der Waals surface area contributed by atoms with Gasteiger partial charge in [-0.15, -0.1) is 0 Å². The van der Waals surface area contributed by atoms with Gasteiger partial charge in [-0.25, -0.2) is 8.42 Å². The number of aromatic nitrogens is 1. The van der Waals surface area contributed by atoms with Crippen LogP contribution in [0.25, 0.3) is 11.0 Å². The molecule has 184 valence electrons. The molecule has 1 saturated heterocycles. The number of methoxy groups -OCH3 is 2. The number of carbonyl (C=O) groups is 1.